The van der Waals surface area contributed by atoms with Gasteiger partial charge in [-0.05, 0) is 37.0 Å². The van der Waals surface area contributed by atoms with Crippen molar-refractivity contribution in [2.45, 2.75) is 38.1 Å². The molecule has 5 nitrogen and oxygen atoms in total. The quantitative estimate of drug-likeness (QED) is 0.843. The van der Waals surface area contributed by atoms with Gasteiger partial charge in [0.2, 0.25) is 10.0 Å². The Morgan fingerprint density at radius 1 is 1.40 bits per heavy atom. The van der Waals surface area contributed by atoms with Crippen LogP contribution in [0.1, 0.15) is 25.8 Å². The lowest BCUT2D eigenvalue weighted by Gasteiger charge is -2.16. The van der Waals surface area contributed by atoms with E-state index in [4.69, 9.17) is 16.7 Å². The Morgan fingerprint density at radius 2 is 2.00 bits per heavy atom. The predicted molar refractivity (Wildman–Crippen MR) is 77.4 cm³/mol. The Kier molecular flexibility index (Phi) is 5.56. The molecule has 0 fully saturated rings. The van der Waals surface area contributed by atoms with Crippen molar-refractivity contribution >= 4 is 27.6 Å². The smallest absolute Gasteiger partial charge is 0.321 e. The summed E-state index contributed by atoms with van der Waals surface area (Å²) in [5.74, 6) is -1.14. The fourth-order valence-corrected chi connectivity index (χ4v) is 3.14. The minimum absolute atomic E-state index is 0.0388. The fourth-order valence-electron chi connectivity index (χ4n) is 1.67. The SMILES string of the molecule is Cc1ccc(S(=O)(=O)N[C@H](CC(C)C)C(=O)O)cc1Cl. The van der Waals surface area contributed by atoms with Crippen LogP contribution in [0.25, 0.3) is 0 Å². The maximum atomic E-state index is 12.2. The van der Waals surface area contributed by atoms with Gasteiger partial charge in [0, 0.05) is 5.02 Å². The Morgan fingerprint density at radius 3 is 2.45 bits per heavy atom. The number of halogens is 1. The van der Waals surface area contributed by atoms with Gasteiger partial charge in [-0.25, -0.2) is 8.42 Å². The summed E-state index contributed by atoms with van der Waals surface area (Å²) in [6.45, 7) is 5.41. The van der Waals surface area contributed by atoms with Gasteiger partial charge in [0.05, 0.1) is 4.90 Å². The van der Waals surface area contributed by atoms with Crippen LogP contribution in [0.5, 0.6) is 0 Å². The monoisotopic (exact) mass is 319 g/mol. The van der Waals surface area contributed by atoms with E-state index in [1.54, 1.807) is 13.0 Å². The summed E-state index contributed by atoms with van der Waals surface area (Å²) in [6, 6.07) is 3.14. The van der Waals surface area contributed by atoms with Gasteiger partial charge < -0.3 is 5.11 Å². The van der Waals surface area contributed by atoms with E-state index >= 15 is 0 Å². The molecule has 1 rings (SSSR count). The molecular formula is C13H18ClNO4S. The topological polar surface area (TPSA) is 83.5 Å². The van der Waals surface area contributed by atoms with Crippen LogP contribution in [-0.4, -0.2) is 25.5 Å². The van der Waals surface area contributed by atoms with E-state index in [1.165, 1.54) is 12.1 Å². The number of nitrogens with one attached hydrogen (secondary N) is 1. The standard InChI is InChI=1S/C13H18ClNO4S/c1-8(2)6-12(13(16)17)15-20(18,19)10-5-4-9(3)11(14)7-10/h4-5,7-8,12,15H,6H2,1-3H3,(H,16,17)/t12-/m1/s1. The van der Waals surface area contributed by atoms with E-state index in [0.717, 1.165) is 5.56 Å². The molecule has 1 atom stereocenters. The third-order valence-electron chi connectivity index (χ3n) is 2.76. The summed E-state index contributed by atoms with van der Waals surface area (Å²) < 4.78 is 26.5. The summed E-state index contributed by atoms with van der Waals surface area (Å²) in [6.07, 6.45) is 0.216. The molecule has 0 amide bonds. The Bertz CT molecular complexity index is 598. The molecule has 0 saturated heterocycles. The summed E-state index contributed by atoms with van der Waals surface area (Å²) >= 11 is 5.89. The van der Waals surface area contributed by atoms with E-state index in [0.29, 0.717) is 5.02 Å². The molecule has 0 aromatic heterocycles. The highest BCUT2D eigenvalue weighted by Gasteiger charge is 2.26. The van der Waals surface area contributed by atoms with Crippen LogP contribution < -0.4 is 4.72 Å². The van der Waals surface area contributed by atoms with Gasteiger partial charge in [0.15, 0.2) is 0 Å². The van der Waals surface area contributed by atoms with Crippen molar-refractivity contribution in [1.29, 1.82) is 0 Å². The van der Waals surface area contributed by atoms with Crippen molar-refractivity contribution in [3.8, 4) is 0 Å². The first kappa shape index (κ1) is 16.9. The van der Waals surface area contributed by atoms with Gasteiger partial charge >= 0.3 is 5.97 Å². The lowest BCUT2D eigenvalue weighted by Crippen LogP contribution is -2.41. The number of rotatable bonds is 6. The lowest BCUT2D eigenvalue weighted by atomic mass is 10.1. The first-order valence-corrected chi connectivity index (χ1v) is 8.01. The Hall–Kier alpha value is -1.11. The maximum absolute atomic E-state index is 12.2. The molecule has 20 heavy (non-hydrogen) atoms. The summed E-state index contributed by atoms with van der Waals surface area (Å²) in [5, 5.41) is 9.40. The molecule has 112 valence electrons. The largest absolute Gasteiger partial charge is 0.480 e. The van der Waals surface area contributed by atoms with Crippen molar-refractivity contribution < 1.29 is 18.3 Å². The number of hydrogen-bond acceptors (Lipinski definition) is 3. The molecule has 0 aliphatic heterocycles. The van der Waals surface area contributed by atoms with Gasteiger partial charge in [0.25, 0.3) is 0 Å². The average molecular weight is 320 g/mol. The molecule has 0 aliphatic carbocycles. The predicted octanol–water partition coefficient (Wildman–Crippen LogP) is 2.43. The molecule has 0 heterocycles. The van der Waals surface area contributed by atoms with E-state index in [-0.39, 0.29) is 17.2 Å². The van der Waals surface area contributed by atoms with Crippen LogP contribution >= 0.6 is 11.6 Å². The number of carboxylic acid groups (broad SMARTS) is 1. The second-order valence-corrected chi connectivity index (χ2v) is 7.17. The number of hydrogen-bond donors (Lipinski definition) is 2. The highest BCUT2D eigenvalue weighted by Crippen LogP contribution is 2.20. The van der Waals surface area contributed by atoms with E-state index in [1.807, 2.05) is 13.8 Å². The number of carbonyl (C=O) groups is 1. The zero-order valence-electron chi connectivity index (χ0n) is 11.6. The minimum Gasteiger partial charge on any atom is -0.480 e. The highest BCUT2D eigenvalue weighted by molar-refractivity contribution is 7.89. The molecule has 0 aliphatic rings. The Balaban J connectivity index is 3.03. The first-order chi connectivity index (χ1) is 9.13. The van der Waals surface area contributed by atoms with E-state index in [9.17, 15) is 13.2 Å². The van der Waals surface area contributed by atoms with Gasteiger partial charge in [-0.1, -0.05) is 31.5 Å². The van der Waals surface area contributed by atoms with Crippen LogP contribution in [0.4, 0.5) is 0 Å². The molecule has 7 heteroatoms. The average Bonchev–Trinajstić information content (AvgIpc) is 2.30. The summed E-state index contributed by atoms with van der Waals surface area (Å²) in [7, 11) is -3.90. The number of sulfonamides is 1. The highest BCUT2D eigenvalue weighted by atomic mass is 35.5. The molecule has 0 radical (unpaired) electrons. The molecule has 0 spiro atoms. The van der Waals surface area contributed by atoms with Crippen molar-refractivity contribution in [2.75, 3.05) is 0 Å². The van der Waals surface area contributed by atoms with Crippen LogP contribution in [0.3, 0.4) is 0 Å². The van der Waals surface area contributed by atoms with Crippen LogP contribution in [0.2, 0.25) is 5.02 Å². The minimum atomic E-state index is -3.90. The normalized spacial score (nSPS) is 13.4. The lowest BCUT2D eigenvalue weighted by molar-refractivity contribution is -0.139. The molecule has 0 unspecified atom stereocenters. The van der Waals surface area contributed by atoms with Crippen molar-refractivity contribution in [2.24, 2.45) is 5.92 Å². The summed E-state index contributed by atoms with van der Waals surface area (Å²) in [5.41, 5.74) is 0.752. The molecule has 1 aromatic carbocycles. The number of benzene rings is 1. The molecule has 0 saturated carbocycles. The van der Waals surface area contributed by atoms with Crippen LogP contribution in [0.15, 0.2) is 23.1 Å². The Labute approximate surface area is 124 Å². The van der Waals surface area contributed by atoms with Gasteiger partial charge in [-0.3, -0.25) is 4.79 Å². The second kappa shape index (κ2) is 6.56. The molecule has 0 bridgehead atoms. The maximum Gasteiger partial charge on any atom is 0.321 e. The van der Waals surface area contributed by atoms with Gasteiger partial charge in [0.1, 0.15) is 6.04 Å². The van der Waals surface area contributed by atoms with E-state index in [2.05, 4.69) is 4.72 Å². The number of aryl methyl sites for hydroxylation is 1. The van der Waals surface area contributed by atoms with Crippen molar-refractivity contribution in [3.63, 3.8) is 0 Å². The molecule has 1 aromatic rings. The van der Waals surface area contributed by atoms with Gasteiger partial charge in [-0.2, -0.15) is 4.72 Å². The zero-order chi connectivity index (χ0) is 15.5. The van der Waals surface area contributed by atoms with Crippen molar-refractivity contribution in [1.82, 2.24) is 4.72 Å². The zero-order valence-corrected chi connectivity index (χ0v) is 13.1. The first-order valence-electron chi connectivity index (χ1n) is 6.14. The fraction of sp³-hybridized carbons (Fsp3) is 0.462. The second-order valence-electron chi connectivity index (χ2n) is 5.05. The third kappa shape index (κ3) is 4.47. The van der Waals surface area contributed by atoms with E-state index < -0.39 is 22.0 Å². The van der Waals surface area contributed by atoms with Crippen molar-refractivity contribution in [3.05, 3.63) is 28.8 Å². The van der Waals surface area contributed by atoms with Crippen LogP contribution in [0, 0.1) is 12.8 Å². The van der Waals surface area contributed by atoms with Gasteiger partial charge in [-0.15, -0.1) is 0 Å². The summed E-state index contributed by atoms with van der Waals surface area (Å²) in [4.78, 5) is 11.1. The molecular weight excluding hydrogens is 302 g/mol. The molecule has 2 N–H and O–H groups in total. The number of carboxylic acids is 1. The van der Waals surface area contributed by atoms with Crippen LogP contribution in [-0.2, 0) is 14.8 Å². The third-order valence-corrected chi connectivity index (χ3v) is 4.63. The number of aliphatic carboxylic acids is 1.